The van der Waals surface area contributed by atoms with Gasteiger partial charge < -0.3 is 5.32 Å². The van der Waals surface area contributed by atoms with Gasteiger partial charge in [0.25, 0.3) is 0 Å². The molecular formula is C19H14Cl2N4OS. The molecule has 0 saturated carbocycles. The van der Waals surface area contributed by atoms with E-state index in [9.17, 15) is 4.79 Å². The van der Waals surface area contributed by atoms with E-state index in [1.54, 1.807) is 28.2 Å². The van der Waals surface area contributed by atoms with Gasteiger partial charge in [-0.05, 0) is 36.4 Å². The minimum atomic E-state index is -0.407. The summed E-state index contributed by atoms with van der Waals surface area (Å²) in [5.41, 5.74) is 2.44. The van der Waals surface area contributed by atoms with Gasteiger partial charge in [-0.2, -0.15) is 4.98 Å². The lowest BCUT2D eigenvalue weighted by atomic mass is 9.85. The van der Waals surface area contributed by atoms with E-state index in [-0.39, 0.29) is 5.78 Å². The standard InChI is InChI=1S/C19H14Cl2N4OS/c20-10-6-7-11(12(21)9-10)17-16-13(3-1-4-14(16)26)22-19-23-18(24-25(17)19)15-5-2-8-27-15/h2,5-9,17H,1,3-4H2,(H,22,23,24). The van der Waals surface area contributed by atoms with Crippen LogP contribution in [0.1, 0.15) is 30.9 Å². The Hall–Kier alpha value is -2.15. The molecule has 1 aliphatic carbocycles. The predicted octanol–water partition coefficient (Wildman–Crippen LogP) is 5.34. The van der Waals surface area contributed by atoms with Crippen molar-refractivity contribution in [2.24, 2.45) is 0 Å². The van der Waals surface area contributed by atoms with Crippen LogP contribution < -0.4 is 5.32 Å². The monoisotopic (exact) mass is 416 g/mol. The second-order valence-electron chi connectivity index (χ2n) is 6.54. The fourth-order valence-electron chi connectivity index (χ4n) is 3.68. The first-order chi connectivity index (χ1) is 13.1. The first-order valence-electron chi connectivity index (χ1n) is 8.60. The summed E-state index contributed by atoms with van der Waals surface area (Å²) in [5.74, 6) is 1.39. The molecule has 5 rings (SSSR count). The number of nitrogens with zero attached hydrogens (tertiary/aromatic N) is 3. The van der Waals surface area contributed by atoms with Crippen molar-refractivity contribution >= 4 is 46.3 Å². The SMILES string of the molecule is O=C1CCCC2=C1C(c1ccc(Cl)cc1Cl)n1nc(-c3cccs3)nc1N2. The summed E-state index contributed by atoms with van der Waals surface area (Å²) in [7, 11) is 0. The fourth-order valence-corrected chi connectivity index (χ4v) is 4.84. The lowest BCUT2D eigenvalue weighted by Crippen LogP contribution is -2.31. The van der Waals surface area contributed by atoms with Crippen molar-refractivity contribution in [3.05, 3.63) is 62.6 Å². The first-order valence-corrected chi connectivity index (χ1v) is 10.2. The predicted molar refractivity (Wildman–Crippen MR) is 107 cm³/mol. The smallest absolute Gasteiger partial charge is 0.226 e. The van der Waals surface area contributed by atoms with Gasteiger partial charge in [-0.25, -0.2) is 4.68 Å². The Balaban J connectivity index is 1.72. The third kappa shape index (κ3) is 2.79. The zero-order chi connectivity index (χ0) is 18.5. The summed E-state index contributed by atoms with van der Waals surface area (Å²) in [6, 6.07) is 8.89. The van der Waals surface area contributed by atoms with Crippen LogP contribution in [0, 0.1) is 0 Å². The van der Waals surface area contributed by atoms with E-state index in [0.717, 1.165) is 34.6 Å². The van der Waals surface area contributed by atoms with Crippen LogP contribution in [0.4, 0.5) is 5.95 Å². The molecule has 136 valence electrons. The van der Waals surface area contributed by atoms with E-state index in [1.807, 2.05) is 23.6 Å². The highest BCUT2D eigenvalue weighted by Crippen LogP contribution is 2.43. The topological polar surface area (TPSA) is 59.8 Å². The number of halogens is 2. The number of fused-ring (bicyclic) bond motifs is 1. The maximum Gasteiger partial charge on any atom is 0.226 e. The number of aromatic nitrogens is 3. The van der Waals surface area contributed by atoms with E-state index in [4.69, 9.17) is 28.3 Å². The molecule has 3 heterocycles. The maximum absolute atomic E-state index is 12.8. The third-order valence-corrected chi connectivity index (χ3v) is 6.29. The molecule has 0 saturated heterocycles. The Labute approximate surface area is 169 Å². The Kier molecular flexibility index (Phi) is 4.07. The molecule has 2 aromatic heterocycles. The summed E-state index contributed by atoms with van der Waals surface area (Å²) < 4.78 is 1.77. The molecule has 1 aliphatic heterocycles. The highest BCUT2D eigenvalue weighted by Gasteiger charge is 2.37. The van der Waals surface area contributed by atoms with Crippen molar-refractivity contribution in [2.75, 3.05) is 5.32 Å². The van der Waals surface area contributed by atoms with Crippen molar-refractivity contribution in [1.29, 1.82) is 0 Å². The van der Waals surface area contributed by atoms with Crippen molar-refractivity contribution in [3.63, 3.8) is 0 Å². The van der Waals surface area contributed by atoms with Crippen LogP contribution in [0.3, 0.4) is 0 Å². The van der Waals surface area contributed by atoms with Crippen LogP contribution in [-0.4, -0.2) is 20.5 Å². The second-order valence-corrected chi connectivity index (χ2v) is 8.33. The van der Waals surface area contributed by atoms with Crippen molar-refractivity contribution < 1.29 is 4.79 Å². The number of ketones is 1. The molecule has 0 radical (unpaired) electrons. The number of carbonyl (C=O) groups is 1. The van der Waals surface area contributed by atoms with Crippen LogP contribution >= 0.6 is 34.5 Å². The molecule has 0 bridgehead atoms. The van der Waals surface area contributed by atoms with Crippen molar-refractivity contribution in [2.45, 2.75) is 25.3 Å². The Morgan fingerprint density at radius 1 is 1.22 bits per heavy atom. The maximum atomic E-state index is 12.8. The average Bonchev–Trinajstić information content (AvgIpc) is 3.30. The first kappa shape index (κ1) is 17.0. The number of benzene rings is 1. The molecule has 1 atom stereocenters. The molecule has 8 heteroatoms. The molecule has 5 nitrogen and oxygen atoms in total. The summed E-state index contributed by atoms with van der Waals surface area (Å²) in [5, 5.41) is 11.1. The van der Waals surface area contributed by atoms with Gasteiger partial charge in [-0.1, -0.05) is 35.3 Å². The molecule has 0 amide bonds. The lowest BCUT2D eigenvalue weighted by molar-refractivity contribution is -0.116. The van der Waals surface area contributed by atoms with E-state index < -0.39 is 6.04 Å². The zero-order valence-corrected chi connectivity index (χ0v) is 16.4. The summed E-state index contributed by atoms with van der Waals surface area (Å²) in [6.07, 6.45) is 2.17. The molecule has 1 aromatic carbocycles. The Morgan fingerprint density at radius 3 is 2.89 bits per heavy atom. The van der Waals surface area contributed by atoms with E-state index in [1.165, 1.54) is 0 Å². The van der Waals surface area contributed by atoms with Gasteiger partial charge in [0.2, 0.25) is 5.95 Å². The quantitative estimate of drug-likeness (QED) is 0.612. The van der Waals surface area contributed by atoms with E-state index in [0.29, 0.717) is 28.2 Å². The number of nitrogens with one attached hydrogen (secondary N) is 1. The van der Waals surface area contributed by atoms with Crippen molar-refractivity contribution in [3.8, 4) is 10.7 Å². The molecule has 1 unspecified atom stereocenters. The number of allylic oxidation sites excluding steroid dienone is 2. The molecule has 3 aromatic rings. The summed E-state index contributed by atoms with van der Waals surface area (Å²) in [6.45, 7) is 0. The number of carbonyl (C=O) groups excluding carboxylic acids is 1. The highest BCUT2D eigenvalue weighted by atomic mass is 35.5. The number of hydrogen-bond donors (Lipinski definition) is 1. The van der Waals surface area contributed by atoms with Gasteiger partial charge in [-0.15, -0.1) is 16.4 Å². The Bertz CT molecular complexity index is 1090. The number of anilines is 1. The lowest BCUT2D eigenvalue weighted by Gasteiger charge is -2.32. The minimum absolute atomic E-state index is 0.124. The zero-order valence-electron chi connectivity index (χ0n) is 14.1. The second kappa shape index (κ2) is 6.48. The van der Waals surface area contributed by atoms with Crippen molar-refractivity contribution in [1.82, 2.24) is 14.8 Å². The normalized spacial score (nSPS) is 18.9. The van der Waals surface area contributed by atoms with Crippen LogP contribution in [0.5, 0.6) is 0 Å². The molecule has 0 fully saturated rings. The van der Waals surface area contributed by atoms with Crippen LogP contribution in [-0.2, 0) is 4.79 Å². The summed E-state index contributed by atoms with van der Waals surface area (Å²) >= 11 is 14.2. The summed E-state index contributed by atoms with van der Waals surface area (Å²) in [4.78, 5) is 18.5. The van der Waals surface area contributed by atoms with Gasteiger partial charge in [0, 0.05) is 33.3 Å². The van der Waals surface area contributed by atoms with Gasteiger partial charge in [-0.3, -0.25) is 4.79 Å². The minimum Gasteiger partial charge on any atom is -0.328 e. The van der Waals surface area contributed by atoms with Gasteiger partial charge in [0.15, 0.2) is 11.6 Å². The van der Waals surface area contributed by atoms with Crippen LogP contribution in [0.25, 0.3) is 10.7 Å². The molecule has 0 spiro atoms. The molecule has 2 aliphatic rings. The highest BCUT2D eigenvalue weighted by molar-refractivity contribution is 7.13. The fraction of sp³-hybridized carbons (Fsp3) is 0.211. The third-order valence-electron chi connectivity index (χ3n) is 4.87. The number of rotatable bonds is 2. The van der Waals surface area contributed by atoms with Gasteiger partial charge in [0.05, 0.1) is 4.88 Å². The average molecular weight is 417 g/mol. The molecule has 1 N–H and O–H groups in total. The van der Waals surface area contributed by atoms with Crippen LogP contribution in [0.2, 0.25) is 10.0 Å². The van der Waals surface area contributed by atoms with Gasteiger partial charge >= 0.3 is 0 Å². The van der Waals surface area contributed by atoms with Gasteiger partial charge in [0.1, 0.15) is 6.04 Å². The number of hydrogen-bond acceptors (Lipinski definition) is 5. The molecular weight excluding hydrogens is 403 g/mol. The number of Topliss-reactive ketones (excluding diaryl/α,β-unsaturated/α-hetero) is 1. The van der Waals surface area contributed by atoms with E-state index in [2.05, 4.69) is 10.3 Å². The van der Waals surface area contributed by atoms with E-state index >= 15 is 0 Å². The molecule has 27 heavy (non-hydrogen) atoms. The largest absolute Gasteiger partial charge is 0.328 e. The Morgan fingerprint density at radius 2 is 2.11 bits per heavy atom. The number of thiophene rings is 1. The van der Waals surface area contributed by atoms with Crippen LogP contribution in [0.15, 0.2) is 47.0 Å².